The van der Waals surface area contributed by atoms with Gasteiger partial charge in [-0.05, 0) is 17.4 Å². The summed E-state index contributed by atoms with van der Waals surface area (Å²) >= 11 is 0. The Morgan fingerprint density at radius 3 is 2.59 bits per heavy atom. The Morgan fingerprint density at radius 2 is 2.00 bits per heavy atom. The Labute approximate surface area is 105 Å². The van der Waals surface area contributed by atoms with Gasteiger partial charge in [0.25, 0.3) is 0 Å². The molecule has 0 bridgehead atoms. The fourth-order valence-corrected chi connectivity index (χ4v) is 2.73. The van der Waals surface area contributed by atoms with Crippen LogP contribution in [0.3, 0.4) is 0 Å². The van der Waals surface area contributed by atoms with Crippen LogP contribution in [0.2, 0.25) is 0 Å². The SMILES string of the molecule is CC(C)(C)CC1=CC2N=C(N)C(C)(C)C2C=C1. The van der Waals surface area contributed by atoms with Gasteiger partial charge in [0, 0.05) is 11.3 Å². The average Bonchev–Trinajstić information content (AvgIpc) is 2.35. The van der Waals surface area contributed by atoms with E-state index in [0.717, 1.165) is 12.3 Å². The normalized spacial score (nSPS) is 30.9. The monoisotopic (exact) mass is 232 g/mol. The van der Waals surface area contributed by atoms with Crippen LogP contribution in [0.5, 0.6) is 0 Å². The standard InChI is InChI=1S/C15H24N2/c1-14(2,3)9-10-6-7-11-12(8-10)17-13(16)15(11,4)5/h6-8,11-12H,9H2,1-5H3,(H2,16,17). The van der Waals surface area contributed by atoms with Crippen LogP contribution in [-0.4, -0.2) is 11.9 Å². The highest BCUT2D eigenvalue weighted by Gasteiger charge is 2.42. The minimum absolute atomic E-state index is 0.00489. The third-order valence-electron chi connectivity index (χ3n) is 3.79. The Hall–Kier alpha value is -1.05. The van der Waals surface area contributed by atoms with Gasteiger partial charge < -0.3 is 5.73 Å². The summed E-state index contributed by atoms with van der Waals surface area (Å²) in [5, 5.41) is 0. The van der Waals surface area contributed by atoms with Crippen molar-refractivity contribution in [3.8, 4) is 0 Å². The Kier molecular flexibility index (Phi) is 2.72. The topological polar surface area (TPSA) is 38.4 Å². The van der Waals surface area contributed by atoms with Crippen molar-refractivity contribution in [2.45, 2.75) is 47.1 Å². The van der Waals surface area contributed by atoms with E-state index in [1.54, 1.807) is 0 Å². The molecule has 0 saturated heterocycles. The van der Waals surface area contributed by atoms with Crippen molar-refractivity contribution < 1.29 is 0 Å². The molecule has 0 spiro atoms. The number of aliphatic imine (C=N–C) groups is 1. The van der Waals surface area contributed by atoms with Gasteiger partial charge in [0.2, 0.25) is 0 Å². The van der Waals surface area contributed by atoms with Crippen LogP contribution in [0.25, 0.3) is 0 Å². The molecular weight excluding hydrogens is 208 g/mol. The van der Waals surface area contributed by atoms with Crippen molar-refractivity contribution in [2.75, 3.05) is 0 Å². The second-order valence-corrected chi connectivity index (χ2v) is 7.09. The maximum absolute atomic E-state index is 6.03. The molecule has 1 aliphatic heterocycles. The van der Waals surface area contributed by atoms with E-state index in [0.29, 0.717) is 11.3 Å². The molecule has 2 unspecified atom stereocenters. The second-order valence-electron chi connectivity index (χ2n) is 7.09. The van der Waals surface area contributed by atoms with Gasteiger partial charge in [0.1, 0.15) is 5.84 Å². The summed E-state index contributed by atoms with van der Waals surface area (Å²) in [6.07, 6.45) is 7.97. The van der Waals surface area contributed by atoms with Crippen LogP contribution in [-0.2, 0) is 0 Å². The predicted molar refractivity (Wildman–Crippen MR) is 74.0 cm³/mol. The van der Waals surface area contributed by atoms with Gasteiger partial charge in [-0.25, -0.2) is 0 Å². The summed E-state index contributed by atoms with van der Waals surface area (Å²) in [5.74, 6) is 1.23. The predicted octanol–water partition coefficient (Wildman–Crippen LogP) is 3.30. The molecule has 1 heterocycles. The first-order valence-corrected chi connectivity index (χ1v) is 6.43. The second kappa shape index (κ2) is 3.72. The molecular formula is C15H24N2. The van der Waals surface area contributed by atoms with E-state index in [2.05, 4.69) is 57.8 Å². The Balaban J connectivity index is 2.20. The van der Waals surface area contributed by atoms with Crippen molar-refractivity contribution in [2.24, 2.45) is 27.5 Å². The smallest absolute Gasteiger partial charge is 0.101 e. The third kappa shape index (κ3) is 2.31. The highest BCUT2D eigenvalue weighted by Crippen LogP contribution is 2.42. The van der Waals surface area contributed by atoms with E-state index >= 15 is 0 Å². The molecule has 2 atom stereocenters. The van der Waals surface area contributed by atoms with Crippen molar-refractivity contribution in [1.82, 2.24) is 0 Å². The lowest BCUT2D eigenvalue weighted by Crippen LogP contribution is -2.35. The number of hydrogen-bond acceptors (Lipinski definition) is 2. The lowest BCUT2D eigenvalue weighted by molar-refractivity contribution is 0.371. The van der Waals surface area contributed by atoms with E-state index < -0.39 is 0 Å². The van der Waals surface area contributed by atoms with Gasteiger partial charge in [-0.2, -0.15) is 0 Å². The molecule has 2 N–H and O–H groups in total. The van der Waals surface area contributed by atoms with Crippen molar-refractivity contribution >= 4 is 5.84 Å². The zero-order valence-electron chi connectivity index (χ0n) is 11.6. The minimum atomic E-state index is 0.00489. The van der Waals surface area contributed by atoms with Gasteiger partial charge in [0.05, 0.1) is 6.04 Å². The van der Waals surface area contributed by atoms with Gasteiger partial charge in [-0.15, -0.1) is 0 Å². The van der Waals surface area contributed by atoms with Crippen molar-refractivity contribution in [1.29, 1.82) is 0 Å². The highest BCUT2D eigenvalue weighted by atomic mass is 15.0. The number of fused-ring (bicyclic) bond motifs is 1. The van der Waals surface area contributed by atoms with E-state index in [1.165, 1.54) is 5.57 Å². The third-order valence-corrected chi connectivity index (χ3v) is 3.79. The first-order chi connectivity index (χ1) is 7.70. The van der Waals surface area contributed by atoms with E-state index in [4.69, 9.17) is 5.73 Å². The number of amidine groups is 1. The summed E-state index contributed by atoms with van der Waals surface area (Å²) in [4.78, 5) is 4.61. The molecule has 2 rings (SSSR count). The lowest BCUT2D eigenvalue weighted by atomic mass is 9.73. The molecule has 0 aromatic carbocycles. The molecule has 94 valence electrons. The van der Waals surface area contributed by atoms with Crippen LogP contribution >= 0.6 is 0 Å². The lowest BCUT2D eigenvalue weighted by Gasteiger charge is -2.30. The molecule has 1 aliphatic carbocycles. The van der Waals surface area contributed by atoms with E-state index in [9.17, 15) is 0 Å². The number of nitrogens with zero attached hydrogens (tertiary/aromatic N) is 1. The van der Waals surface area contributed by atoms with Gasteiger partial charge in [0.15, 0.2) is 0 Å². The fraction of sp³-hybridized carbons (Fsp3) is 0.667. The van der Waals surface area contributed by atoms with Gasteiger partial charge in [-0.1, -0.05) is 52.8 Å². The maximum Gasteiger partial charge on any atom is 0.101 e. The van der Waals surface area contributed by atoms with E-state index in [-0.39, 0.29) is 11.5 Å². The Morgan fingerprint density at radius 1 is 1.35 bits per heavy atom. The quantitative estimate of drug-likeness (QED) is 0.740. The van der Waals surface area contributed by atoms with Crippen molar-refractivity contribution in [3.05, 3.63) is 23.8 Å². The molecule has 2 aliphatic rings. The number of nitrogens with two attached hydrogens (primary N) is 1. The zero-order chi connectivity index (χ0) is 12.8. The number of hydrogen-bond donors (Lipinski definition) is 1. The summed E-state index contributed by atoms with van der Waals surface area (Å²) < 4.78 is 0. The number of rotatable bonds is 1. The van der Waals surface area contributed by atoms with Crippen LogP contribution < -0.4 is 5.73 Å². The summed E-state index contributed by atoms with van der Waals surface area (Å²) in [6, 6.07) is 0.257. The first-order valence-electron chi connectivity index (χ1n) is 6.43. The minimum Gasteiger partial charge on any atom is -0.387 e. The summed E-state index contributed by atoms with van der Waals surface area (Å²) in [6.45, 7) is 11.2. The summed E-state index contributed by atoms with van der Waals surface area (Å²) in [5.41, 5.74) is 7.76. The average molecular weight is 232 g/mol. The largest absolute Gasteiger partial charge is 0.387 e. The van der Waals surface area contributed by atoms with Gasteiger partial charge in [-0.3, -0.25) is 4.99 Å². The van der Waals surface area contributed by atoms with Crippen LogP contribution in [0, 0.1) is 16.7 Å². The van der Waals surface area contributed by atoms with Crippen LogP contribution in [0.15, 0.2) is 28.8 Å². The Bertz CT molecular complexity index is 405. The van der Waals surface area contributed by atoms with Crippen LogP contribution in [0.4, 0.5) is 0 Å². The molecule has 0 saturated carbocycles. The zero-order valence-corrected chi connectivity index (χ0v) is 11.6. The summed E-state index contributed by atoms with van der Waals surface area (Å²) in [7, 11) is 0. The molecule has 0 aromatic rings. The van der Waals surface area contributed by atoms with E-state index in [1.807, 2.05) is 0 Å². The van der Waals surface area contributed by atoms with Gasteiger partial charge >= 0.3 is 0 Å². The first kappa shape index (κ1) is 12.4. The highest BCUT2D eigenvalue weighted by molar-refractivity contribution is 5.89. The van der Waals surface area contributed by atoms with Crippen LogP contribution in [0.1, 0.15) is 41.0 Å². The molecule has 0 amide bonds. The molecule has 2 heteroatoms. The molecule has 17 heavy (non-hydrogen) atoms. The molecule has 0 aromatic heterocycles. The molecule has 2 nitrogen and oxygen atoms in total. The number of allylic oxidation sites excluding steroid dienone is 2. The fourth-order valence-electron chi connectivity index (χ4n) is 2.73. The molecule has 0 fully saturated rings. The molecule has 0 radical (unpaired) electrons. The van der Waals surface area contributed by atoms with Crippen molar-refractivity contribution in [3.63, 3.8) is 0 Å². The maximum atomic E-state index is 6.03.